The average molecular weight is 264 g/mol. The van der Waals surface area contributed by atoms with Gasteiger partial charge in [0.2, 0.25) is 10.0 Å². The van der Waals surface area contributed by atoms with Crippen LogP contribution in [-0.2, 0) is 10.0 Å². The van der Waals surface area contributed by atoms with Gasteiger partial charge >= 0.3 is 0 Å². The highest BCUT2D eigenvalue weighted by atomic mass is 79.9. The molecule has 0 saturated heterocycles. The predicted molar refractivity (Wildman–Crippen MR) is 55.0 cm³/mol. The van der Waals surface area contributed by atoms with Gasteiger partial charge in [-0.2, -0.15) is 0 Å². The first-order chi connectivity index (χ1) is 5.82. The number of halogens is 1. The quantitative estimate of drug-likeness (QED) is 0.839. The van der Waals surface area contributed by atoms with Gasteiger partial charge in [-0.15, -0.1) is 0 Å². The third-order valence-electron chi connectivity index (χ3n) is 1.67. The SMILES string of the molecule is Cc1cc(C)c(Br)c(S(N)(=O)=O)c1. The van der Waals surface area contributed by atoms with Crippen LogP contribution in [0, 0.1) is 13.8 Å². The number of aryl methyl sites for hydroxylation is 2. The van der Waals surface area contributed by atoms with Crippen molar-refractivity contribution in [1.82, 2.24) is 0 Å². The molecule has 0 radical (unpaired) electrons. The molecule has 0 atom stereocenters. The summed E-state index contributed by atoms with van der Waals surface area (Å²) in [7, 11) is -3.63. The van der Waals surface area contributed by atoms with Crippen LogP contribution in [0.1, 0.15) is 11.1 Å². The summed E-state index contributed by atoms with van der Waals surface area (Å²) in [5, 5.41) is 5.04. The number of rotatable bonds is 1. The molecule has 5 heteroatoms. The van der Waals surface area contributed by atoms with Gasteiger partial charge < -0.3 is 0 Å². The van der Waals surface area contributed by atoms with E-state index in [1.165, 1.54) is 0 Å². The maximum atomic E-state index is 11.1. The van der Waals surface area contributed by atoms with E-state index in [-0.39, 0.29) is 4.90 Å². The first-order valence-corrected chi connectivity index (χ1v) is 5.96. The Kier molecular flexibility index (Phi) is 2.79. The maximum Gasteiger partial charge on any atom is 0.239 e. The van der Waals surface area contributed by atoms with Gasteiger partial charge in [0.25, 0.3) is 0 Å². The normalized spacial score (nSPS) is 11.7. The summed E-state index contributed by atoms with van der Waals surface area (Å²) in [6.45, 7) is 3.65. The smallest absolute Gasteiger partial charge is 0.225 e. The number of benzene rings is 1. The van der Waals surface area contributed by atoms with Crippen LogP contribution in [0.5, 0.6) is 0 Å². The summed E-state index contributed by atoms with van der Waals surface area (Å²) in [5.74, 6) is 0. The molecule has 13 heavy (non-hydrogen) atoms. The first-order valence-electron chi connectivity index (χ1n) is 3.62. The van der Waals surface area contributed by atoms with Gasteiger partial charge in [0, 0.05) is 4.47 Å². The Morgan fingerprint density at radius 3 is 2.31 bits per heavy atom. The number of hydrogen-bond acceptors (Lipinski definition) is 2. The van der Waals surface area contributed by atoms with Crippen molar-refractivity contribution in [2.45, 2.75) is 18.7 Å². The van der Waals surface area contributed by atoms with Crippen LogP contribution in [0.2, 0.25) is 0 Å². The fourth-order valence-corrected chi connectivity index (χ4v) is 2.78. The van der Waals surface area contributed by atoms with Crippen LogP contribution in [-0.4, -0.2) is 8.42 Å². The van der Waals surface area contributed by atoms with E-state index in [0.717, 1.165) is 11.1 Å². The average Bonchev–Trinajstić information content (AvgIpc) is 1.94. The molecule has 0 unspecified atom stereocenters. The second-order valence-corrected chi connectivity index (χ2v) is 5.26. The van der Waals surface area contributed by atoms with Gasteiger partial charge in [0.1, 0.15) is 0 Å². The van der Waals surface area contributed by atoms with Crippen LogP contribution in [0.15, 0.2) is 21.5 Å². The van der Waals surface area contributed by atoms with E-state index in [2.05, 4.69) is 15.9 Å². The lowest BCUT2D eigenvalue weighted by Gasteiger charge is -2.06. The van der Waals surface area contributed by atoms with Crippen molar-refractivity contribution < 1.29 is 8.42 Å². The van der Waals surface area contributed by atoms with Crippen LogP contribution in [0.4, 0.5) is 0 Å². The molecule has 3 nitrogen and oxygen atoms in total. The lowest BCUT2D eigenvalue weighted by Crippen LogP contribution is -2.13. The van der Waals surface area contributed by atoms with Crippen molar-refractivity contribution in [3.05, 3.63) is 27.7 Å². The Bertz CT molecular complexity index is 440. The molecule has 0 fully saturated rings. The Morgan fingerprint density at radius 1 is 1.31 bits per heavy atom. The zero-order valence-electron chi connectivity index (χ0n) is 7.33. The van der Waals surface area contributed by atoms with Crippen molar-refractivity contribution in [2.24, 2.45) is 5.14 Å². The summed E-state index contributed by atoms with van der Waals surface area (Å²) in [6, 6.07) is 3.44. The van der Waals surface area contributed by atoms with Gasteiger partial charge in [-0.05, 0) is 47.0 Å². The highest BCUT2D eigenvalue weighted by Crippen LogP contribution is 2.25. The second kappa shape index (κ2) is 3.40. The van der Waals surface area contributed by atoms with E-state index in [1.807, 2.05) is 19.9 Å². The minimum Gasteiger partial charge on any atom is -0.225 e. The molecule has 0 aliphatic heterocycles. The lowest BCUT2D eigenvalue weighted by molar-refractivity contribution is 0.597. The summed E-state index contributed by atoms with van der Waals surface area (Å²) in [4.78, 5) is 0.144. The van der Waals surface area contributed by atoms with Crippen molar-refractivity contribution in [3.8, 4) is 0 Å². The summed E-state index contributed by atoms with van der Waals surface area (Å²) in [5.41, 5.74) is 1.74. The minimum atomic E-state index is -3.63. The standard InChI is InChI=1S/C8H10BrNO2S/c1-5-3-6(2)8(9)7(4-5)13(10,11)12/h3-4H,1-2H3,(H2,10,11,12). The van der Waals surface area contributed by atoms with Gasteiger partial charge in [-0.1, -0.05) is 6.07 Å². The molecule has 0 amide bonds. The summed E-state index contributed by atoms with van der Waals surface area (Å²) < 4.78 is 22.8. The third-order valence-corrected chi connectivity index (χ3v) is 3.92. The van der Waals surface area contributed by atoms with Crippen molar-refractivity contribution in [3.63, 3.8) is 0 Å². The molecule has 1 aromatic rings. The lowest BCUT2D eigenvalue weighted by atomic mass is 10.2. The van der Waals surface area contributed by atoms with Crippen molar-refractivity contribution in [2.75, 3.05) is 0 Å². The fourth-order valence-electron chi connectivity index (χ4n) is 1.12. The highest BCUT2D eigenvalue weighted by Gasteiger charge is 2.14. The summed E-state index contributed by atoms with van der Waals surface area (Å²) in [6.07, 6.45) is 0. The second-order valence-electron chi connectivity index (χ2n) is 2.94. The number of hydrogen-bond donors (Lipinski definition) is 1. The number of sulfonamides is 1. The molecule has 0 aliphatic rings. The zero-order valence-corrected chi connectivity index (χ0v) is 9.74. The predicted octanol–water partition coefficient (Wildman–Crippen LogP) is 1.71. The molecule has 0 heterocycles. The third kappa shape index (κ3) is 2.30. The molecule has 0 aromatic heterocycles. The van der Waals surface area contributed by atoms with E-state index in [0.29, 0.717) is 4.47 Å². The van der Waals surface area contributed by atoms with Crippen LogP contribution >= 0.6 is 15.9 Å². The van der Waals surface area contributed by atoms with Crippen molar-refractivity contribution >= 4 is 26.0 Å². The maximum absolute atomic E-state index is 11.1. The van der Waals surface area contributed by atoms with E-state index >= 15 is 0 Å². The first kappa shape index (κ1) is 10.7. The number of primary sulfonamides is 1. The Hall–Kier alpha value is -0.390. The van der Waals surface area contributed by atoms with Crippen LogP contribution in [0.25, 0.3) is 0 Å². The van der Waals surface area contributed by atoms with Crippen molar-refractivity contribution in [1.29, 1.82) is 0 Å². The van der Waals surface area contributed by atoms with E-state index in [9.17, 15) is 8.42 Å². The largest absolute Gasteiger partial charge is 0.239 e. The van der Waals surface area contributed by atoms with Gasteiger partial charge in [0.15, 0.2) is 0 Å². The molecule has 0 aliphatic carbocycles. The van der Waals surface area contributed by atoms with Crippen LogP contribution < -0.4 is 5.14 Å². The number of nitrogens with two attached hydrogens (primary N) is 1. The molecule has 0 spiro atoms. The molecule has 2 N–H and O–H groups in total. The highest BCUT2D eigenvalue weighted by molar-refractivity contribution is 9.10. The van der Waals surface area contributed by atoms with E-state index in [1.54, 1.807) is 6.07 Å². The zero-order chi connectivity index (χ0) is 10.2. The molecule has 72 valence electrons. The fraction of sp³-hybridized carbons (Fsp3) is 0.250. The van der Waals surface area contributed by atoms with E-state index < -0.39 is 10.0 Å². The molecule has 0 bridgehead atoms. The Balaban J connectivity index is 3.56. The Labute approximate surface area is 86.1 Å². The van der Waals surface area contributed by atoms with Gasteiger partial charge in [-0.3, -0.25) is 0 Å². The summed E-state index contributed by atoms with van der Waals surface area (Å²) >= 11 is 3.19. The topological polar surface area (TPSA) is 60.2 Å². The molecular formula is C8H10BrNO2S. The molecular weight excluding hydrogens is 254 g/mol. The van der Waals surface area contributed by atoms with Crippen LogP contribution in [0.3, 0.4) is 0 Å². The minimum absolute atomic E-state index is 0.144. The van der Waals surface area contributed by atoms with Gasteiger partial charge in [-0.25, -0.2) is 13.6 Å². The van der Waals surface area contributed by atoms with Gasteiger partial charge in [0.05, 0.1) is 4.90 Å². The Morgan fingerprint density at radius 2 is 1.85 bits per heavy atom. The monoisotopic (exact) mass is 263 g/mol. The molecule has 0 saturated carbocycles. The molecule has 1 rings (SSSR count). The molecule has 1 aromatic carbocycles. The van der Waals surface area contributed by atoms with E-state index in [4.69, 9.17) is 5.14 Å².